The maximum Gasteiger partial charge on any atom is 0.338 e. The normalized spacial score (nSPS) is 12.2. The highest BCUT2D eigenvalue weighted by Crippen LogP contribution is 2.19. The van der Waals surface area contributed by atoms with E-state index in [9.17, 15) is 17.6 Å². The number of carbonyl (C=O) groups is 1. The first-order chi connectivity index (χ1) is 8.54. The largest absolute Gasteiger partial charge is 0.478 e. The predicted octanol–water partition coefficient (Wildman–Crippen LogP) is 1.76. The fourth-order valence-electron chi connectivity index (χ4n) is 1.24. The molecule has 0 amide bonds. The Hall–Kier alpha value is -1.63. The first-order valence-corrected chi connectivity index (χ1v) is 7.40. The third kappa shape index (κ3) is 3.66. The summed E-state index contributed by atoms with van der Waals surface area (Å²) >= 11 is 0. The van der Waals surface area contributed by atoms with Crippen molar-refractivity contribution in [2.75, 3.05) is 18.1 Å². The number of nitrogens with one attached hydrogen (secondary N) is 1. The van der Waals surface area contributed by atoms with Gasteiger partial charge in [0, 0.05) is 18.5 Å². The van der Waals surface area contributed by atoms with Gasteiger partial charge in [-0.2, -0.15) is 0 Å². The number of aromatic carboxylic acids is 1. The third-order valence-electron chi connectivity index (χ3n) is 2.92. The number of sulfone groups is 1. The maximum atomic E-state index is 13.4. The van der Waals surface area contributed by atoms with Crippen LogP contribution in [-0.4, -0.2) is 37.0 Å². The molecule has 0 aliphatic carbocycles. The standard InChI is InChI=1S/C12H16FNO4S/c1-12(2,19(3,17)18)7-14-8-4-5-9(11(15)16)10(13)6-8/h4-6,14H,7H2,1-3H3,(H,15,16). The van der Waals surface area contributed by atoms with Gasteiger partial charge in [-0.25, -0.2) is 17.6 Å². The fourth-order valence-corrected chi connectivity index (χ4v) is 1.58. The van der Waals surface area contributed by atoms with Gasteiger partial charge in [-0.15, -0.1) is 0 Å². The summed E-state index contributed by atoms with van der Waals surface area (Å²) < 4.78 is 35.4. The predicted molar refractivity (Wildman–Crippen MR) is 70.8 cm³/mol. The quantitative estimate of drug-likeness (QED) is 0.863. The Morgan fingerprint density at radius 1 is 1.42 bits per heavy atom. The minimum absolute atomic E-state index is 0.0949. The molecule has 0 aromatic heterocycles. The number of hydrogen-bond donors (Lipinski definition) is 2. The second kappa shape index (κ2) is 5.16. The minimum Gasteiger partial charge on any atom is -0.478 e. The summed E-state index contributed by atoms with van der Waals surface area (Å²) in [7, 11) is -3.25. The zero-order valence-corrected chi connectivity index (χ0v) is 11.7. The Morgan fingerprint density at radius 2 is 2.00 bits per heavy atom. The smallest absolute Gasteiger partial charge is 0.338 e. The zero-order valence-electron chi connectivity index (χ0n) is 10.9. The van der Waals surface area contributed by atoms with Crippen LogP contribution in [0.4, 0.5) is 10.1 Å². The lowest BCUT2D eigenvalue weighted by Crippen LogP contribution is -2.38. The van der Waals surface area contributed by atoms with E-state index in [1.54, 1.807) is 13.8 Å². The van der Waals surface area contributed by atoms with E-state index < -0.39 is 31.9 Å². The van der Waals surface area contributed by atoms with Gasteiger partial charge in [0.2, 0.25) is 0 Å². The van der Waals surface area contributed by atoms with E-state index in [0.29, 0.717) is 5.69 Å². The van der Waals surface area contributed by atoms with Crippen LogP contribution < -0.4 is 5.32 Å². The van der Waals surface area contributed by atoms with Gasteiger partial charge >= 0.3 is 5.97 Å². The first-order valence-electron chi connectivity index (χ1n) is 5.51. The van der Waals surface area contributed by atoms with Gasteiger partial charge in [0.25, 0.3) is 0 Å². The highest BCUT2D eigenvalue weighted by Gasteiger charge is 2.29. The second-order valence-electron chi connectivity index (χ2n) is 4.89. The highest BCUT2D eigenvalue weighted by atomic mass is 32.2. The van der Waals surface area contributed by atoms with Crippen molar-refractivity contribution in [3.63, 3.8) is 0 Å². The number of anilines is 1. The average molecular weight is 289 g/mol. The van der Waals surface area contributed by atoms with Crippen molar-refractivity contribution in [1.29, 1.82) is 0 Å². The number of benzene rings is 1. The summed E-state index contributed by atoms with van der Waals surface area (Å²) in [5, 5.41) is 11.5. The molecule has 0 saturated carbocycles. The summed E-state index contributed by atoms with van der Waals surface area (Å²) in [6.45, 7) is 3.20. The maximum absolute atomic E-state index is 13.4. The van der Waals surface area contributed by atoms with E-state index in [4.69, 9.17) is 5.11 Å². The molecule has 0 heterocycles. The van der Waals surface area contributed by atoms with E-state index in [2.05, 4.69) is 5.32 Å². The van der Waals surface area contributed by atoms with Crippen molar-refractivity contribution in [2.45, 2.75) is 18.6 Å². The Bertz CT molecular complexity index is 596. The number of carboxylic acid groups (broad SMARTS) is 1. The lowest BCUT2D eigenvalue weighted by atomic mass is 10.1. The Morgan fingerprint density at radius 3 is 2.42 bits per heavy atom. The number of rotatable bonds is 5. The van der Waals surface area contributed by atoms with Crippen LogP contribution >= 0.6 is 0 Å². The Balaban J connectivity index is 2.86. The molecule has 0 spiro atoms. The van der Waals surface area contributed by atoms with Gasteiger partial charge in [-0.1, -0.05) is 0 Å². The second-order valence-corrected chi connectivity index (χ2v) is 7.53. The van der Waals surface area contributed by atoms with Crippen LogP contribution in [0.3, 0.4) is 0 Å². The van der Waals surface area contributed by atoms with Crippen molar-refractivity contribution in [1.82, 2.24) is 0 Å². The SMILES string of the molecule is CC(C)(CNc1ccc(C(=O)O)c(F)c1)S(C)(=O)=O. The molecule has 2 N–H and O–H groups in total. The molecule has 0 atom stereocenters. The monoisotopic (exact) mass is 289 g/mol. The van der Waals surface area contributed by atoms with Crippen LogP contribution in [0, 0.1) is 5.82 Å². The highest BCUT2D eigenvalue weighted by molar-refractivity contribution is 7.92. The van der Waals surface area contributed by atoms with E-state index in [-0.39, 0.29) is 6.54 Å². The molecular weight excluding hydrogens is 273 g/mol. The van der Waals surface area contributed by atoms with Gasteiger partial charge < -0.3 is 10.4 Å². The lowest BCUT2D eigenvalue weighted by Gasteiger charge is -2.23. The molecular formula is C12H16FNO4S. The Labute approximate surface area is 111 Å². The van der Waals surface area contributed by atoms with Crippen molar-refractivity contribution < 1.29 is 22.7 Å². The number of carboxylic acids is 1. The molecule has 1 aromatic carbocycles. The average Bonchev–Trinajstić information content (AvgIpc) is 2.24. The van der Waals surface area contributed by atoms with Crippen molar-refractivity contribution in [3.8, 4) is 0 Å². The van der Waals surface area contributed by atoms with Gasteiger partial charge in [0.05, 0.1) is 10.3 Å². The minimum atomic E-state index is -3.25. The molecule has 1 aromatic rings. The van der Waals surface area contributed by atoms with Crippen molar-refractivity contribution >= 4 is 21.5 Å². The first kappa shape index (κ1) is 15.4. The fraction of sp³-hybridized carbons (Fsp3) is 0.417. The summed E-state index contributed by atoms with van der Waals surface area (Å²) in [5.74, 6) is -2.21. The summed E-state index contributed by atoms with van der Waals surface area (Å²) in [4.78, 5) is 10.6. The molecule has 0 unspecified atom stereocenters. The topological polar surface area (TPSA) is 83.5 Å². The summed E-state index contributed by atoms with van der Waals surface area (Å²) in [5.41, 5.74) is -0.0906. The van der Waals surface area contributed by atoms with E-state index >= 15 is 0 Å². The van der Waals surface area contributed by atoms with E-state index in [0.717, 1.165) is 18.4 Å². The third-order valence-corrected chi connectivity index (χ3v) is 5.07. The lowest BCUT2D eigenvalue weighted by molar-refractivity contribution is 0.0692. The molecule has 0 bridgehead atoms. The van der Waals surface area contributed by atoms with Gasteiger partial charge in [0.1, 0.15) is 5.82 Å². The van der Waals surface area contributed by atoms with Crippen molar-refractivity contribution in [2.24, 2.45) is 0 Å². The summed E-state index contributed by atoms with van der Waals surface area (Å²) in [6.07, 6.45) is 1.13. The molecule has 0 fully saturated rings. The van der Waals surface area contributed by atoms with Crippen molar-refractivity contribution in [3.05, 3.63) is 29.6 Å². The molecule has 106 valence electrons. The van der Waals surface area contributed by atoms with Gasteiger partial charge in [0.15, 0.2) is 9.84 Å². The van der Waals surface area contributed by atoms with Crippen LogP contribution in [0.25, 0.3) is 0 Å². The molecule has 0 aliphatic rings. The molecule has 0 radical (unpaired) electrons. The molecule has 7 heteroatoms. The summed E-state index contributed by atoms with van der Waals surface area (Å²) in [6, 6.07) is 3.56. The van der Waals surface area contributed by atoms with Crippen LogP contribution in [0.1, 0.15) is 24.2 Å². The zero-order chi connectivity index (χ0) is 14.8. The van der Waals surface area contributed by atoms with Gasteiger partial charge in [-0.3, -0.25) is 0 Å². The van der Waals surface area contributed by atoms with E-state index in [1.807, 2.05) is 0 Å². The molecule has 1 rings (SSSR count). The van der Waals surface area contributed by atoms with Crippen LogP contribution in [-0.2, 0) is 9.84 Å². The van der Waals surface area contributed by atoms with E-state index in [1.165, 1.54) is 6.07 Å². The molecule has 0 aliphatic heterocycles. The molecule has 19 heavy (non-hydrogen) atoms. The number of halogens is 1. The Kier molecular flexibility index (Phi) is 4.19. The van der Waals surface area contributed by atoms with Crippen LogP contribution in [0.5, 0.6) is 0 Å². The molecule has 0 saturated heterocycles. The van der Waals surface area contributed by atoms with Gasteiger partial charge in [-0.05, 0) is 32.0 Å². The number of hydrogen-bond acceptors (Lipinski definition) is 4. The van der Waals surface area contributed by atoms with Crippen LogP contribution in [0.15, 0.2) is 18.2 Å². The van der Waals surface area contributed by atoms with Crippen LogP contribution in [0.2, 0.25) is 0 Å². The molecule has 5 nitrogen and oxygen atoms in total.